The van der Waals surface area contributed by atoms with E-state index in [2.05, 4.69) is 4.99 Å². The van der Waals surface area contributed by atoms with E-state index in [4.69, 9.17) is 16.3 Å². The molecule has 1 fully saturated rings. The van der Waals surface area contributed by atoms with Gasteiger partial charge >= 0.3 is 5.97 Å². The van der Waals surface area contributed by atoms with E-state index in [0.717, 1.165) is 5.56 Å². The second-order valence-electron chi connectivity index (χ2n) is 5.43. The Hall–Kier alpha value is -1.79. The summed E-state index contributed by atoms with van der Waals surface area (Å²) in [5.41, 5.74) is 1.73. The van der Waals surface area contributed by atoms with Gasteiger partial charge in [0.25, 0.3) is 0 Å². The van der Waals surface area contributed by atoms with E-state index in [1.807, 2.05) is 12.1 Å². The normalized spacial score (nSPS) is 20.6. The van der Waals surface area contributed by atoms with Crippen LogP contribution in [-0.2, 0) is 14.3 Å². The number of hydrogen-bond donors (Lipinski definition) is 0. The molecule has 126 valence electrons. The number of fused-ring (bicyclic) bond motifs is 1. The number of carbonyl (C=O) groups is 2. The molecule has 0 N–H and O–H groups in total. The van der Waals surface area contributed by atoms with Crippen LogP contribution >= 0.6 is 23.4 Å². The van der Waals surface area contributed by atoms with Crippen molar-refractivity contribution in [2.45, 2.75) is 26.3 Å². The van der Waals surface area contributed by atoms with Crippen molar-refractivity contribution >= 4 is 40.4 Å². The number of hydrogen-bond acceptors (Lipinski definition) is 5. The lowest BCUT2D eigenvalue weighted by Gasteiger charge is -2.38. The molecule has 2 aliphatic rings. The molecule has 0 saturated carbocycles. The predicted octanol–water partition coefficient (Wildman–Crippen LogP) is 3.55. The molecular weight excluding hydrogens is 348 g/mol. The fraction of sp³-hybridized carbons (Fsp3) is 0.353. The molecule has 0 spiro atoms. The second-order valence-corrected chi connectivity index (χ2v) is 6.93. The van der Waals surface area contributed by atoms with E-state index in [1.165, 1.54) is 11.8 Å². The zero-order valence-corrected chi connectivity index (χ0v) is 15.0. The first kappa shape index (κ1) is 17.0. The van der Waals surface area contributed by atoms with E-state index in [9.17, 15) is 9.59 Å². The average molecular weight is 365 g/mol. The SMILES string of the molecule is CCOC(=O)C1=C(C)N=C2SCCC(=O)N2[C@@H]1c1cccc(Cl)c1. The number of amides is 1. The number of halogens is 1. The van der Waals surface area contributed by atoms with Gasteiger partial charge in [0.1, 0.15) is 0 Å². The first-order valence-electron chi connectivity index (χ1n) is 7.69. The molecule has 1 aromatic rings. The third kappa shape index (κ3) is 3.08. The van der Waals surface area contributed by atoms with Crippen molar-refractivity contribution in [2.75, 3.05) is 12.4 Å². The van der Waals surface area contributed by atoms with Crippen LogP contribution in [0.4, 0.5) is 0 Å². The van der Waals surface area contributed by atoms with Gasteiger partial charge in [-0.15, -0.1) is 0 Å². The van der Waals surface area contributed by atoms with E-state index in [1.54, 1.807) is 30.9 Å². The third-order valence-electron chi connectivity index (χ3n) is 3.87. The molecule has 0 bridgehead atoms. The van der Waals surface area contributed by atoms with Gasteiger partial charge < -0.3 is 4.74 Å². The maximum absolute atomic E-state index is 12.6. The molecule has 2 aliphatic heterocycles. The standard InChI is InChI=1S/C17H17ClN2O3S/c1-3-23-16(22)14-10(2)19-17-20(13(21)7-8-24-17)15(14)11-5-4-6-12(18)9-11/h4-6,9,15H,3,7-8H2,1-2H3/t15-/m1/s1. The van der Waals surface area contributed by atoms with Crippen LogP contribution in [0.1, 0.15) is 31.9 Å². The van der Waals surface area contributed by atoms with Gasteiger partial charge in [-0.25, -0.2) is 9.79 Å². The number of rotatable bonds is 3. The van der Waals surface area contributed by atoms with Crippen molar-refractivity contribution in [2.24, 2.45) is 4.99 Å². The van der Waals surface area contributed by atoms with E-state index >= 15 is 0 Å². The molecule has 1 atom stereocenters. The number of carbonyl (C=O) groups excluding carboxylic acids is 2. The highest BCUT2D eigenvalue weighted by molar-refractivity contribution is 8.14. The van der Waals surface area contributed by atoms with E-state index < -0.39 is 12.0 Å². The van der Waals surface area contributed by atoms with Gasteiger partial charge in [0.2, 0.25) is 5.91 Å². The Morgan fingerprint density at radius 2 is 2.29 bits per heavy atom. The van der Waals surface area contributed by atoms with Gasteiger partial charge in [-0.3, -0.25) is 9.69 Å². The van der Waals surface area contributed by atoms with Crippen molar-refractivity contribution < 1.29 is 14.3 Å². The molecule has 5 nitrogen and oxygen atoms in total. The number of thioether (sulfide) groups is 1. The Kier molecular flexibility index (Phi) is 4.96. The second kappa shape index (κ2) is 6.99. The first-order chi connectivity index (χ1) is 11.5. The van der Waals surface area contributed by atoms with Gasteiger partial charge in [0.05, 0.1) is 23.9 Å². The minimum Gasteiger partial charge on any atom is -0.463 e. The molecule has 1 aromatic carbocycles. The largest absolute Gasteiger partial charge is 0.463 e. The van der Waals surface area contributed by atoms with Gasteiger partial charge in [0.15, 0.2) is 5.17 Å². The summed E-state index contributed by atoms with van der Waals surface area (Å²) in [7, 11) is 0. The maximum atomic E-state index is 12.6. The number of allylic oxidation sites excluding steroid dienone is 1. The first-order valence-corrected chi connectivity index (χ1v) is 9.06. The zero-order chi connectivity index (χ0) is 17.3. The summed E-state index contributed by atoms with van der Waals surface area (Å²) in [5.74, 6) is 0.191. The van der Waals surface area contributed by atoms with Crippen molar-refractivity contribution in [3.8, 4) is 0 Å². The maximum Gasteiger partial charge on any atom is 0.338 e. The number of nitrogens with zero attached hydrogens (tertiary/aromatic N) is 2. The van der Waals surface area contributed by atoms with Crippen LogP contribution in [-0.4, -0.2) is 34.3 Å². The summed E-state index contributed by atoms with van der Waals surface area (Å²) in [5, 5.41) is 1.18. The topological polar surface area (TPSA) is 59.0 Å². The summed E-state index contributed by atoms with van der Waals surface area (Å²) in [6, 6.07) is 6.64. The van der Waals surface area contributed by atoms with Crippen LogP contribution in [0.3, 0.4) is 0 Å². The lowest BCUT2D eigenvalue weighted by Crippen LogP contribution is -2.45. The fourth-order valence-electron chi connectivity index (χ4n) is 2.86. The number of aliphatic imine (C=N–C) groups is 1. The molecule has 7 heteroatoms. The summed E-state index contributed by atoms with van der Waals surface area (Å²) >= 11 is 7.65. The van der Waals surface area contributed by atoms with Crippen molar-refractivity contribution in [1.82, 2.24) is 4.90 Å². The number of amidine groups is 1. The van der Waals surface area contributed by atoms with Crippen LogP contribution in [0.25, 0.3) is 0 Å². The van der Waals surface area contributed by atoms with Crippen LogP contribution in [0.5, 0.6) is 0 Å². The Bertz CT molecular complexity index is 760. The van der Waals surface area contributed by atoms with Crippen LogP contribution in [0, 0.1) is 0 Å². The van der Waals surface area contributed by atoms with Gasteiger partial charge in [-0.05, 0) is 31.5 Å². The van der Waals surface area contributed by atoms with Crippen LogP contribution < -0.4 is 0 Å². The lowest BCUT2D eigenvalue weighted by molar-refractivity contribution is -0.139. The molecule has 0 radical (unpaired) electrons. The van der Waals surface area contributed by atoms with E-state index in [-0.39, 0.29) is 12.5 Å². The molecule has 2 heterocycles. The fourth-order valence-corrected chi connectivity index (χ4v) is 4.06. The minimum absolute atomic E-state index is 0.0493. The number of ether oxygens (including phenoxy) is 1. The third-order valence-corrected chi connectivity index (χ3v) is 5.06. The summed E-state index contributed by atoms with van der Waals surface area (Å²) in [6.07, 6.45) is 0.413. The van der Waals surface area contributed by atoms with Crippen molar-refractivity contribution in [1.29, 1.82) is 0 Å². The lowest BCUT2D eigenvalue weighted by atomic mass is 9.94. The summed E-state index contributed by atoms with van der Waals surface area (Å²) in [4.78, 5) is 31.1. The van der Waals surface area contributed by atoms with Crippen LogP contribution in [0.15, 0.2) is 40.5 Å². The monoisotopic (exact) mass is 364 g/mol. The Balaban J connectivity index is 2.16. The number of benzene rings is 1. The molecule has 0 unspecified atom stereocenters. The molecule has 24 heavy (non-hydrogen) atoms. The highest BCUT2D eigenvalue weighted by atomic mass is 35.5. The summed E-state index contributed by atoms with van der Waals surface area (Å²) in [6.45, 7) is 3.78. The van der Waals surface area contributed by atoms with Gasteiger partial charge in [0, 0.05) is 17.2 Å². The number of esters is 1. The minimum atomic E-state index is -0.560. The van der Waals surface area contributed by atoms with Crippen LogP contribution in [0.2, 0.25) is 5.02 Å². The highest BCUT2D eigenvalue weighted by Gasteiger charge is 2.41. The zero-order valence-electron chi connectivity index (χ0n) is 13.4. The van der Waals surface area contributed by atoms with Crippen molar-refractivity contribution in [3.05, 3.63) is 46.1 Å². The average Bonchev–Trinajstić information content (AvgIpc) is 2.54. The Morgan fingerprint density at radius 1 is 1.50 bits per heavy atom. The molecule has 1 saturated heterocycles. The predicted molar refractivity (Wildman–Crippen MR) is 94.9 cm³/mol. The van der Waals surface area contributed by atoms with Crippen molar-refractivity contribution in [3.63, 3.8) is 0 Å². The highest BCUT2D eigenvalue weighted by Crippen LogP contribution is 2.40. The van der Waals surface area contributed by atoms with Gasteiger partial charge in [-0.2, -0.15) is 0 Å². The molecular formula is C17H17ClN2O3S. The molecule has 3 rings (SSSR count). The summed E-state index contributed by atoms with van der Waals surface area (Å²) < 4.78 is 5.20. The molecule has 0 aromatic heterocycles. The van der Waals surface area contributed by atoms with Gasteiger partial charge in [-0.1, -0.05) is 35.5 Å². The van der Waals surface area contributed by atoms with E-state index in [0.29, 0.717) is 33.6 Å². The smallest absolute Gasteiger partial charge is 0.338 e. The molecule has 0 aliphatic carbocycles. The molecule has 1 amide bonds. The Morgan fingerprint density at radius 3 is 3.00 bits per heavy atom. The quantitative estimate of drug-likeness (QED) is 0.769. The Labute approximate surface area is 149 Å².